The number of carbonyl (C=O) groups excluding carboxylic acids is 2. The van der Waals surface area contributed by atoms with Crippen LogP contribution < -0.4 is 5.32 Å². The second kappa shape index (κ2) is 12.1. The van der Waals surface area contributed by atoms with Gasteiger partial charge in [-0.15, -0.1) is 0 Å². The van der Waals surface area contributed by atoms with E-state index in [4.69, 9.17) is 0 Å². The lowest BCUT2D eigenvalue weighted by Crippen LogP contribution is -2.49. The van der Waals surface area contributed by atoms with Crippen LogP contribution in [0.15, 0.2) is 84.9 Å². The van der Waals surface area contributed by atoms with Crippen molar-refractivity contribution in [1.29, 1.82) is 0 Å². The zero-order chi connectivity index (χ0) is 24.5. The summed E-state index contributed by atoms with van der Waals surface area (Å²) in [6, 6.07) is 25.3. The van der Waals surface area contributed by atoms with Crippen LogP contribution in [0.3, 0.4) is 0 Å². The molecule has 34 heavy (non-hydrogen) atoms. The Labute approximate surface area is 201 Å². The minimum atomic E-state index is -0.742. The highest BCUT2D eigenvalue weighted by molar-refractivity contribution is 5.88. The van der Waals surface area contributed by atoms with Crippen molar-refractivity contribution in [3.05, 3.63) is 107 Å². The van der Waals surface area contributed by atoms with Crippen LogP contribution in [0.1, 0.15) is 56.2 Å². The van der Waals surface area contributed by atoms with Crippen LogP contribution in [-0.4, -0.2) is 28.8 Å². The number of amides is 2. The fourth-order valence-electron chi connectivity index (χ4n) is 3.95. The van der Waals surface area contributed by atoms with Gasteiger partial charge in [-0.2, -0.15) is 0 Å². The monoisotopic (exact) mass is 460 g/mol. The Hall–Kier alpha value is -3.47. The molecule has 3 rings (SSSR count). The minimum Gasteiger partial charge on any atom is -0.352 e. The second-order valence-corrected chi connectivity index (χ2v) is 8.68. The zero-order valence-corrected chi connectivity index (χ0v) is 20.1. The molecule has 0 saturated carbocycles. The van der Waals surface area contributed by atoms with Crippen LogP contribution >= 0.6 is 0 Å². The molecule has 0 fully saturated rings. The standard InChI is InChI=1S/C29H33FN2O2/c1-4-21(2)31-29(34)22(3)32(20-25-17-11-12-18-27(25)30)28(33)19-26(23-13-7-5-8-14-23)24-15-9-6-10-16-24/h5-18,21-22,26H,4,19-20H2,1-3H3,(H,31,34)/t21-,22-/m1/s1. The van der Waals surface area contributed by atoms with E-state index in [1.807, 2.05) is 74.5 Å². The maximum Gasteiger partial charge on any atom is 0.242 e. The quantitative estimate of drug-likeness (QED) is 0.423. The highest BCUT2D eigenvalue weighted by atomic mass is 19.1. The predicted octanol–water partition coefficient (Wildman–Crippen LogP) is 5.68. The Morgan fingerprint density at radius 2 is 1.38 bits per heavy atom. The molecule has 5 heteroatoms. The number of rotatable bonds is 10. The van der Waals surface area contributed by atoms with Gasteiger partial charge in [-0.3, -0.25) is 9.59 Å². The molecule has 2 amide bonds. The lowest BCUT2D eigenvalue weighted by atomic mass is 9.88. The van der Waals surface area contributed by atoms with Crippen LogP contribution in [0, 0.1) is 5.82 Å². The maximum atomic E-state index is 14.5. The van der Waals surface area contributed by atoms with Crippen LogP contribution in [0.25, 0.3) is 0 Å². The largest absolute Gasteiger partial charge is 0.352 e. The summed E-state index contributed by atoms with van der Waals surface area (Å²) in [6.45, 7) is 5.64. The Morgan fingerprint density at radius 1 is 0.853 bits per heavy atom. The molecule has 0 aliphatic heterocycles. The van der Waals surface area contributed by atoms with Crippen molar-refractivity contribution < 1.29 is 14.0 Å². The topological polar surface area (TPSA) is 49.4 Å². The molecular formula is C29H33FN2O2. The van der Waals surface area contributed by atoms with Crippen LogP contribution in [0.2, 0.25) is 0 Å². The maximum absolute atomic E-state index is 14.5. The van der Waals surface area contributed by atoms with E-state index in [2.05, 4.69) is 5.32 Å². The lowest BCUT2D eigenvalue weighted by molar-refractivity contribution is -0.141. The number of hydrogen-bond donors (Lipinski definition) is 1. The van der Waals surface area contributed by atoms with E-state index in [9.17, 15) is 14.0 Å². The number of hydrogen-bond acceptors (Lipinski definition) is 2. The third-order valence-corrected chi connectivity index (χ3v) is 6.25. The van der Waals surface area contributed by atoms with Gasteiger partial charge in [0.2, 0.25) is 11.8 Å². The number of halogens is 1. The van der Waals surface area contributed by atoms with E-state index >= 15 is 0 Å². The molecule has 0 aliphatic carbocycles. The number of carbonyl (C=O) groups is 2. The first-order valence-corrected chi connectivity index (χ1v) is 11.8. The summed E-state index contributed by atoms with van der Waals surface area (Å²) < 4.78 is 14.5. The zero-order valence-electron chi connectivity index (χ0n) is 20.1. The summed E-state index contributed by atoms with van der Waals surface area (Å²) in [4.78, 5) is 28.2. The van der Waals surface area contributed by atoms with E-state index < -0.39 is 11.9 Å². The molecule has 0 spiro atoms. The first kappa shape index (κ1) is 25.2. The summed E-state index contributed by atoms with van der Waals surface area (Å²) in [7, 11) is 0. The highest BCUT2D eigenvalue weighted by Crippen LogP contribution is 2.29. The summed E-state index contributed by atoms with van der Waals surface area (Å²) in [5, 5.41) is 2.96. The van der Waals surface area contributed by atoms with Crippen LogP contribution in [0.5, 0.6) is 0 Å². The number of nitrogens with zero attached hydrogens (tertiary/aromatic N) is 1. The molecule has 4 nitrogen and oxygen atoms in total. The van der Waals surface area contributed by atoms with Gasteiger partial charge < -0.3 is 10.2 Å². The van der Waals surface area contributed by atoms with Crippen molar-refractivity contribution in [3.8, 4) is 0 Å². The fourth-order valence-corrected chi connectivity index (χ4v) is 3.95. The SMILES string of the molecule is CC[C@@H](C)NC(=O)[C@@H](C)N(Cc1ccccc1F)C(=O)CC(c1ccccc1)c1ccccc1. The van der Waals surface area contributed by atoms with Crippen LogP contribution in [-0.2, 0) is 16.1 Å². The average Bonchev–Trinajstić information content (AvgIpc) is 2.87. The smallest absolute Gasteiger partial charge is 0.242 e. The lowest BCUT2D eigenvalue weighted by Gasteiger charge is -2.31. The van der Waals surface area contributed by atoms with E-state index in [0.29, 0.717) is 5.56 Å². The van der Waals surface area contributed by atoms with Gasteiger partial charge in [-0.25, -0.2) is 4.39 Å². The summed E-state index contributed by atoms with van der Waals surface area (Å²) in [5.41, 5.74) is 2.42. The average molecular weight is 461 g/mol. The molecule has 178 valence electrons. The third-order valence-electron chi connectivity index (χ3n) is 6.25. The number of benzene rings is 3. The molecule has 1 N–H and O–H groups in total. The molecule has 2 atom stereocenters. The fraction of sp³-hybridized carbons (Fsp3) is 0.310. The van der Waals surface area contributed by atoms with Gasteiger partial charge in [-0.1, -0.05) is 85.8 Å². The van der Waals surface area contributed by atoms with E-state index in [0.717, 1.165) is 17.5 Å². The Kier molecular flexibility index (Phi) is 8.97. The molecule has 0 saturated heterocycles. The van der Waals surface area contributed by atoms with Gasteiger partial charge in [0.25, 0.3) is 0 Å². The van der Waals surface area contributed by atoms with Gasteiger partial charge >= 0.3 is 0 Å². The predicted molar refractivity (Wildman–Crippen MR) is 134 cm³/mol. The molecular weight excluding hydrogens is 427 g/mol. The molecule has 0 heterocycles. The summed E-state index contributed by atoms with van der Waals surface area (Å²) >= 11 is 0. The molecule has 3 aromatic rings. The van der Waals surface area contributed by atoms with E-state index in [-0.39, 0.29) is 36.7 Å². The first-order chi connectivity index (χ1) is 16.4. The second-order valence-electron chi connectivity index (χ2n) is 8.68. The molecule has 0 radical (unpaired) electrons. The molecule has 0 aromatic heterocycles. The number of nitrogens with one attached hydrogen (secondary N) is 1. The third kappa shape index (κ3) is 6.53. The van der Waals surface area contributed by atoms with Gasteiger partial charge in [0.05, 0.1) is 0 Å². The van der Waals surface area contributed by atoms with Crippen molar-refractivity contribution >= 4 is 11.8 Å². The summed E-state index contributed by atoms with van der Waals surface area (Å²) in [6.07, 6.45) is 0.952. The van der Waals surface area contributed by atoms with Crippen molar-refractivity contribution in [3.63, 3.8) is 0 Å². The molecule has 0 bridgehead atoms. The van der Waals surface area contributed by atoms with Gasteiger partial charge in [0.1, 0.15) is 11.9 Å². The van der Waals surface area contributed by atoms with Gasteiger partial charge in [0, 0.05) is 30.5 Å². The first-order valence-electron chi connectivity index (χ1n) is 11.8. The Bertz CT molecular complexity index is 1030. The normalized spacial score (nSPS) is 12.7. The van der Waals surface area contributed by atoms with Crippen molar-refractivity contribution in [1.82, 2.24) is 10.2 Å². The van der Waals surface area contributed by atoms with Crippen molar-refractivity contribution in [2.45, 2.75) is 58.2 Å². The molecule has 0 aliphatic rings. The van der Waals surface area contributed by atoms with Crippen molar-refractivity contribution in [2.24, 2.45) is 0 Å². The van der Waals surface area contributed by atoms with Gasteiger partial charge in [0.15, 0.2) is 0 Å². The highest BCUT2D eigenvalue weighted by Gasteiger charge is 2.30. The van der Waals surface area contributed by atoms with Crippen molar-refractivity contribution in [2.75, 3.05) is 0 Å². The Balaban J connectivity index is 1.92. The molecule has 0 unspecified atom stereocenters. The van der Waals surface area contributed by atoms with Gasteiger partial charge in [-0.05, 0) is 37.5 Å². The van der Waals surface area contributed by atoms with E-state index in [1.54, 1.807) is 25.1 Å². The minimum absolute atomic E-state index is 0.0123. The Morgan fingerprint density at radius 3 is 1.91 bits per heavy atom. The van der Waals surface area contributed by atoms with Crippen LogP contribution in [0.4, 0.5) is 4.39 Å². The molecule has 3 aromatic carbocycles. The van der Waals surface area contributed by atoms with E-state index in [1.165, 1.54) is 11.0 Å². The summed E-state index contributed by atoms with van der Waals surface area (Å²) in [5.74, 6) is -1.01.